The van der Waals surface area contributed by atoms with Crippen LogP contribution in [0.15, 0.2) is 24.3 Å². The van der Waals surface area contributed by atoms with E-state index in [9.17, 15) is 0 Å². The lowest BCUT2D eigenvalue weighted by Gasteiger charge is -2.29. The Balaban J connectivity index is 2.53. The van der Waals surface area contributed by atoms with Crippen LogP contribution >= 0.6 is 0 Å². The van der Waals surface area contributed by atoms with Crippen molar-refractivity contribution in [1.82, 2.24) is 5.32 Å². The Bertz CT molecular complexity index is 358. The Hall–Kier alpha value is -0.860. The quantitative estimate of drug-likeness (QED) is 0.797. The predicted molar refractivity (Wildman–Crippen MR) is 77.5 cm³/mol. The molecule has 2 heteroatoms. The highest BCUT2D eigenvalue weighted by atomic mass is 16.5. The molecule has 0 amide bonds. The van der Waals surface area contributed by atoms with Crippen LogP contribution in [0, 0.1) is 11.3 Å². The minimum Gasteiger partial charge on any atom is -0.380 e. The molecule has 0 bridgehead atoms. The number of rotatable bonds is 7. The fraction of sp³-hybridized carbons (Fsp3) is 0.625. The van der Waals surface area contributed by atoms with Crippen molar-refractivity contribution in [3.8, 4) is 0 Å². The lowest BCUT2D eigenvalue weighted by atomic mass is 9.81. The van der Waals surface area contributed by atoms with E-state index in [0.717, 1.165) is 13.1 Å². The molecule has 0 heterocycles. The number of methoxy groups -OCH3 is 1. The molecular weight excluding hydrogens is 222 g/mol. The summed E-state index contributed by atoms with van der Waals surface area (Å²) in [5.41, 5.74) is 2.93. The van der Waals surface area contributed by atoms with E-state index < -0.39 is 0 Å². The molecule has 0 atom stereocenters. The Morgan fingerprint density at radius 2 is 1.78 bits per heavy atom. The molecule has 1 aromatic carbocycles. The first kappa shape index (κ1) is 15.2. The molecular formula is C16H27NO. The number of hydrogen-bond donors (Lipinski definition) is 1. The van der Waals surface area contributed by atoms with Crippen LogP contribution in [-0.2, 0) is 17.9 Å². The van der Waals surface area contributed by atoms with E-state index in [1.54, 1.807) is 7.11 Å². The summed E-state index contributed by atoms with van der Waals surface area (Å²) in [4.78, 5) is 0. The van der Waals surface area contributed by atoms with E-state index >= 15 is 0 Å². The molecule has 0 saturated heterocycles. The average Bonchev–Trinajstić information content (AvgIpc) is 2.31. The summed E-state index contributed by atoms with van der Waals surface area (Å²) in [6.07, 6.45) is 0. The minimum atomic E-state index is 0.330. The van der Waals surface area contributed by atoms with Gasteiger partial charge in [0.2, 0.25) is 0 Å². The minimum absolute atomic E-state index is 0.330. The first-order chi connectivity index (χ1) is 8.47. The van der Waals surface area contributed by atoms with Gasteiger partial charge in [-0.2, -0.15) is 0 Å². The van der Waals surface area contributed by atoms with Crippen LogP contribution in [0.1, 0.15) is 38.8 Å². The van der Waals surface area contributed by atoms with Crippen LogP contribution in [0.5, 0.6) is 0 Å². The molecule has 0 unspecified atom stereocenters. The molecule has 2 nitrogen and oxygen atoms in total. The molecule has 0 aromatic heterocycles. The maximum absolute atomic E-state index is 5.23. The van der Waals surface area contributed by atoms with Gasteiger partial charge in [0.25, 0.3) is 0 Å². The highest BCUT2D eigenvalue weighted by Gasteiger charge is 2.21. The third-order valence-corrected chi connectivity index (χ3v) is 3.88. The number of ether oxygens (including phenoxy) is 1. The fourth-order valence-corrected chi connectivity index (χ4v) is 1.75. The van der Waals surface area contributed by atoms with Gasteiger partial charge in [-0.15, -0.1) is 0 Å². The molecule has 0 aliphatic carbocycles. The second-order valence-corrected chi connectivity index (χ2v) is 5.95. The molecule has 0 aliphatic heterocycles. The van der Waals surface area contributed by atoms with Gasteiger partial charge in [-0.05, 0) is 22.5 Å². The average molecular weight is 249 g/mol. The van der Waals surface area contributed by atoms with Gasteiger partial charge >= 0.3 is 0 Å². The van der Waals surface area contributed by atoms with Gasteiger partial charge in [0, 0.05) is 20.2 Å². The van der Waals surface area contributed by atoms with Gasteiger partial charge in [0.05, 0.1) is 6.61 Å². The smallest absolute Gasteiger partial charge is 0.0716 e. The Morgan fingerprint density at radius 3 is 2.33 bits per heavy atom. The van der Waals surface area contributed by atoms with Gasteiger partial charge in [-0.25, -0.2) is 0 Å². The van der Waals surface area contributed by atoms with E-state index in [2.05, 4.69) is 57.3 Å². The third-order valence-electron chi connectivity index (χ3n) is 3.88. The zero-order valence-electron chi connectivity index (χ0n) is 12.4. The zero-order chi connectivity index (χ0) is 13.6. The maximum atomic E-state index is 5.23. The Morgan fingerprint density at radius 1 is 1.17 bits per heavy atom. The van der Waals surface area contributed by atoms with Crippen molar-refractivity contribution >= 4 is 0 Å². The summed E-state index contributed by atoms with van der Waals surface area (Å²) in [6, 6.07) is 8.46. The van der Waals surface area contributed by atoms with Gasteiger partial charge < -0.3 is 10.1 Å². The Labute approximate surface area is 112 Å². The van der Waals surface area contributed by atoms with Crippen molar-refractivity contribution in [2.24, 2.45) is 11.3 Å². The molecule has 1 aromatic rings. The maximum Gasteiger partial charge on any atom is 0.0716 e. The van der Waals surface area contributed by atoms with Gasteiger partial charge in [0.1, 0.15) is 0 Å². The molecule has 1 N–H and O–H groups in total. The standard InChI is InChI=1S/C16H27NO/c1-13(2)16(3,4)12-17-10-14-8-6-7-9-15(14)11-18-5/h6-9,13,17H,10-12H2,1-5H3. The normalized spacial score (nSPS) is 12.1. The summed E-state index contributed by atoms with van der Waals surface area (Å²) in [5, 5.41) is 3.57. The van der Waals surface area contributed by atoms with Crippen molar-refractivity contribution in [2.75, 3.05) is 13.7 Å². The molecule has 102 valence electrons. The van der Waals surface area contributed by atoms with Crippen molar-refractivity contribution in [3.63, 3.8) is 0 Å². The van der Waals surface area contributed by atoms with Crippen LogP contribution in [0.2, 0.25) is 0 Å². The predicted octanol–water partition coefficient (Wildman–Crippen LogP) is 3.60. The number of nitrogens with one attached hydrogen (secondary N) is 1. The van der Waals surface area contributed by atoms with E-state index in [-0.39, 0.29) is 0 Å². The van der Waals surface area contributed by atoms with Crippen LogP contribution in [0.25, 0.3) is 0 Å². The van der Waals surface area contributed by atoms with Gasteiger partial charge in [-0.1, -0.05) is 52.0 Å². The first-order valence-corrected chi connectivity index (χ1v) is 6.74. The molecule has 0 fully saturated rings. The first-order valence-electron chi connectivity index (χ1n) is 6.74. The monoisotopic (exact) mass is 249 g/mol. The van der Waals surface area contributed by atoms with E-state index in [1.165, 1.54) is 11.1 Å². The molecule has 0 radical (unpaired) electrons. The zero-order valence-corrected chi connectivity index (χ0v) is 12.4. The molecule has 0 aliphatic rings. The van der Waals surface area contributed by atoms with Crippen molar-refractivity contribution < 1.29 is 4.74 Å². The van der Waals surface area contributed by atoms with Crippen molar-refractivity contribution in [2.45, 2.75) is 40.8 Å². The molecule has 18 heavy (non-hydrogen) atoms. The van der Waals surface area contributed by atoms with Crippen molar-refractivity contribution in [1.29, 1.82) is 0 Å². The van der Waals surface area contributed by atoms with Gasteiger partial charge in [-0.3, -0.25) is 0 Å². The summed E-state index contributed by atoms with van der Waals surface area (Å²) in [7, 11) is 1.74. The Kier molecular flexibility index (Phi) is 5.83. The third kappa shape index (κ3) is 4.43. The highest BCUT2D eigenvalue weighted by molar-refractivity contribution is 5.26. The summed E-state index contributed by atoms with van der Waals surface area (Å²) < 4.78 is 5.23. The summed E-state index contributed by atoms with van der Waals surface area (Å²) >= 11 is 0. The van der Waals surface area contributed by atoms with E-state index in [1.807, 2.05) is 0 Å². The summed E-state index contributed by atoms with van der Waals surface area (Å²) in [6.45, 7) is 11.8. The van der Waals surface area contributed by atoms with Crippen LogP contribution < -0.4 is 5.32 Å². The number of benzene rings is 1. The second-order valence-electron chi connectivity index (χ2n) is 5.95. The highest BCUT2D eigenvalue weighted by Crippen LogP contribution is 2.24. The van der Waals surface area contributed by atoms with Crippen LogP contribution in [0.3, 0.4) is 0 Å². The topological polar surface area (TPSA) is 21.3 Å². The molecule has 0 saturated carbocycles. The van der Waals surface area contributed by atoms with E-state index in [0.29, 0.717) is 17.9 Å². The van der Waals surface area contributed by atoms with Crippen LogP contribution in [0.4, 0.5) is 0 Å². The number of hydrogen-bond acceptors (Lipinski definition) is 2. The SMILES string of the molecule is COCc1ccccc1CNCC(C)(C)C(C)C. The van der Waals surface area contributed by atoms with Gasteiger partial charge in [0.15, 0.2) is 0 Å². The molecule has 1 rings (SSSR count). The second kappa shape index (κ2) is 6.91. The largest absolute Gasteiger partial charge is 0.380 e. The lowest BCUT2D eigenvalue weighted by molar-refractivity contribution is 0.183. The summed E-state index contributed by atoms with van der Waals surface area (Å²) in [5.74, 6) is 0.680. The van der Waals surface area contributed by atoms with Crippen LogP contribution in [-0.4, -0.2) is 13.7 Å². The van der Waals surface area contributed by atoms with E-state index in [4.69, 9.17) is 4.74 Å². The van der Waals surface area contributed by atoms with Crippen molar-refractivity contribution in [3.05, 3.63) is 35.4 Å². The fourth-order valence-electron chi connectivity index (χ4n) is 1.75. The lowest BCUT2D eigenvalue weighted by Crippen LogP contribution is -2.33. The molecule has 0 spiro atoms.